The monoisotopic (exact) mass is 356 g/mol. The quantitative estimate of drug-likeness (QED) is 0.467. The molecule has 0 saturated carbocycles. The van der Waals surface area contributed by atoms with Crippen LogP contribution in [0.4, 0.5) is 4.39 Å². The molecule has 0 saturated heterocycles. The predicted molar refractivity (Wildman–Crippen MR) is 96.9 cm³/mol. The summed E-state index contributed by atoms with van der Waals surface area (Å²) in [5.41, 5.74) is 1.44. The maximum atomic E-state index is 13.6. The van der Waals surface area contributed by atoms with Crippen molar-refractivity contribution in [1.82, 2.24) is 25.8 Å². The first-order valence-electron chi connectivity index (χ1n) is 8.38. The number of benzene rings is 1. The molecule has 136 valence electrons. The maximum absolute atomic E-state index is 13.6. The average molecular weight is 356 g/mol. The second kappa shape index (κ2) is 8.28. The summed E-state index contributed by atoms with van der Waals surface area (Å²) in [6, 6.07) is 8.72. The molecule has 0 unspecified atom stereocenters. The Morgan fingerprint density at radius 3 is 2.92 bits per heavy atom. The smallest absolute Gasteiger partial charge is 0.216 e. The molecule has 2 aromatic heterocycles. The number of guanidine groups is 1. The standard InChI is InChI=1S/C18H21FN6O/c1-3-20-18(21-10-13-7-6-12(2)14(19)9-13)22-11-16-23-17(25-24-16)15-5-4-8-26-15/h4-9H,3,10-11H2,1-2H3,(H2,20,21,22)(H,23,24,25). The number of nitrogens with zero attached hydrogens (tertiary/aromatic N) is 3. The van der Waals surface area contributed by atoms with E-state index in [1.54, 1.807) is 31.4 Å². The molecule has 26 heavy (non-hydrogen) atoms. The van der Waals surface area contributed by atoms with Crippen molar-refractivity contribution < 1.29 is 8.81 Å². The van der Waals surface area contributed by atoms with Gasteiger partial charge in [0.15, 0.2) is 11.7 Å². The lowest BCUT2D eigenvalue weighted by atomic mass is 10.1. The van der Waals surface area contributed by atoms with Gasteiger partial charge in [-0.1, -0.05) is 12.1 Å². The molecule has 0 aliphatic rings. The minimum Gasteiger partial charge on any atom is -0.461 e. The highest BCUT2D eigenvalue weighted by atomic mass is 19.1. The normalized spacial score (nSPS) is 11.6. The van der Waals surface area contributed by atoms with E-state index in [0.29, 0.717) is 48.6 Å². The molecule has 0 radical (unpaired) electrons. The van der Waals surface area contributed by atoms with Crippen LogP contribution in [0.5, 0.6) is 0 Å². The topological polar surface area (TPSA) is 91.1 Å². The fourth-order valence-electron chi connectivity index (χ4n) is 2.30. The molecular weight excluding hydrogens is 335 g/mol. The van der Waals surface area contributed by atoms with E-state index in [1.165, 1.54) is 6.07 Å². The van der Waals surface area contributed by atoms with Gasteiger partial charge in [0.1, 0.15) is 11.6 Å². The Kier molecular flexibility index (Phi) is 5.62. The zero-order chi connectivity index (χ0) is 18.4. The lowest BCUT2D eigenvalue weighted by molar-refractivity contribution is 0.577. The third-order valence-corrected chi connectivity index (χ3v) is 3.70. The van der Waals surface area contributed by atoms with Gasteiger partial charge in [0.05, 0.1) is 19.4 Å². The van der Waals surface area contributed by atoms with Crippen molar-refractivity contribution in [1.29, 1.82) is 0 Å². The van der Waals surface area contributed by atoms with Crippen LogP contribution in [0.1, 0.15) is 23.9 Å². The molecule has 0 fully saturated rings. The number of aryl methyl sites for hydroxylation is 1. The summed E-state index contributed by atoms with van der Waals surface area (Å²) in [7, 11) is 0. The summed E-state index contributed by atoms with van der Waals surface area (Å²) in [5.74, 6) is 2.16. The number of furan rings is 1. The van der Waals surface area contributed by atoms with Gasteiger partial charge in [-0.05, 0) is 43.2 Å². The van der Waals surface area contributed by atoms with Crippen LogP contribution in [0, 0.1) is 12.7 Å². The number of nitrogens with one attached hydrogen (secondary N) is 3. The SMILES string of the molecule is CCNC(=NCc1ccc(C)c(F)c1)NCc1nc(-c2ccco2)n[nH]1. The van der Waals surface area contributed by atoms with E-state index >= 15 is 0 Å². The van der Waals surface area contributed by atoms with Crippen LogP contribution in [0.2, 0.25) is 0 Å². The van der Waals surface area contributed by atoms with Crippen molar-refractivity contribution in [3.8, 4) is 11.6 Å². The lowest BCUT2D eigenvalue weighted by Gasteiger charge is -2.10. The molecule has 1 aromatic carbocycles. The Morgan fingerprint density at radius 1 is 1.31 bits per heavy atom. The summed E-state index contributed by atoms with van der Waals surface area (Å²) in [6.07, 6.45) is 1.58. The first kappa shape index (κ1) is 17.7. The Hall–Kier alpha value is -3.16. The second-order valence-corrected chi connectivity index (χ2v) is 5.72. The number of rotatable bonds is 6. The van der Waals surface area contributed by atoms with E-state index in [4.69, 9.17) is 4.42 Å². The third kappa shape index (κ3) is 4.47. The molecule has 3 aromatic rings. The molecule has 0 bridgehead atoms. The zero-order valence-corrected chi connectivity index (χ0v) is 14.7. The van der Waals surface area contributed by atoms with Crippen LogP contribution in [-0.2, 0) is 13.1 Å². The van der Waals surface area contributed by atoms with Crippen molar-refractivity contribution in [3.05, 3.63) is 59.4 Å². The summed E-state index contributed by atoms with van der Waals surface area (Å²) in [6.45, 7) is 5.22. The molecule has 2 heterocycles. The molecule has 0 spiro atoms. The summed E-state index contributed by atoms with van der Waals surface area (Å²) in [5, 5.41) is 13.3. The van der Waals surface area contributed by atoms with Crippen LogP contribution in [-0.4, -0.2) is 27.7 Å². The minimum atomic E-state index is -0.220. The number of hydrogen-bond acceptors (Lipinski definition) is 4. The van der Waals surface area contributed by atoms with Crippen molar-refractivity contribution in [2.75, 3.05) is 6.54 Å². The van der Waals surface area contributed by atoms with Crippen molar-refractivity contribution >= 4 is 5.96 Å². The Morgan fingerprint density at radius 2 is 2.19 bits per heavy atom. The number of H-pyrrole nitrogens is 1. The van der Waals surface area contributed by atoms with Crippen molar-refractivity contribution in [3.63, 3.8) is 0 Å². The summed E-state index contributed by atoms with van der Waals surface area (Å²) in [4.78, 5) is 8.84. The maximum Gasteiger partial charge on any atom is 0.216 e. The van der Waals surface area contributed by atoms with E-state index < -0.39 is 0 Å². The highest BCUT2D eigenvalue weighted by Gasteiger charge is 2.08. The largest absolute Gasteiger partial charge is 0.461 e. The van der Waals surface area contributed by atoms with Gasteiger partial charge in [0.25, 0.3) is 0 Å². The van der Waals surface area contributed by atoms with E-state index in [0.717, 1.165) is 5.56 Å². The van der Waals surface area contributed by atoms with Gasteiger partial charge in [-0.3, -0.25) is 5.10 Å². The Bertz CT molecular complexity index is 872. The van der Waals surface area contributed by atoms with Gasteiger partial charge < -0.3 is 15.1 Å². The predicted octanol–water partition coefficient (Wildman–Crippen LogP) is 2.77. The molecule has 7 nitrogen and oxygen atoms in total. The molecule has 0 atom stereocenters. The van der Waals surface area contributed by atoms with Crippen LogP contribution in [0.15, 0.2) is 46.0 Å². The highest BCUT2D eigenvalue weighted by Crippen LogP contribution is 2.14. The van der Waals surface area contributed by atoms with E-state index in [-0.39, 0.29) is 5.82 Å². The molecule has 0 aliphatic heterocycles. The van der Waals surface area contributed by atoms with Gasteiger partial charge in [-0.25, -0.2) is 14.4 Å². The average Bonchev–Trinajstić information content (AvgIpc) is 3.31. The van der Waals surface area contributed by atoms with E-state index in [1.807, 2.05) is 13.0 Å². The van der Waals surface area contributed by atoms with Crippen LogP contribution < -0.4 is 10.6 Å². The fraction of sp³-hybridized carbons (Fsp3) is 0.278. The zero-order valence-electron chi connectivity index (χ0n) is 14.7. The summed E-state index contributed by atoms with van der Waals surface area (Å²) >= 11 is 0. The number of hydrogen-bond donors (Lipinski definition) is 3. The fourth-order valence-corrected chi connectivity index (χ4v) is 2.30. The molecule has 3 rings (SSSR count). The molecule has 8 heteroatoms. The third-order valence-electron chi connectivity index (χ3n) is 3.70. The van der Waals surface area contributed by atoms with Gasteiger partial charge in [0, 0.05) is 6.54 Å². The summed E-state index contributed by atoms with van der Waals surface area (Å²) < 4.78 is 18.9. The van der Waals surface area contributed by atoms with Gasteiger partial charge in [-0.15, -0.1) is 5.10 Å². The van der Waals surface area contributed by atoms with Crippen LogP contribution >= 0.6 is 0 Å². The Balaban J connectivity index is 1.62. The number of aliphatic imine (C=N–C) groups is 1. The van der Waals surface area contributed by atoms with Gasteiger partial charge >= 0.3 is 0 Å². The Labute approximate surface area is 150 Å². The number of aromatic amines is 1. The van der Waals surface area contributed by atoms with Crippen molar-refractivity contribution in [2.45, 2.75) is 26.9 Å². The molecule has 0 aliphatic carbocycles. The van der Waals surface area contributed by atoms with Gasteiger partial charge in [0.2, 0.25) is 5.82 Å². The van der Waals surface area contributed by atoms with Crippen LogP contribution in [0.25, 0.3) is 11.6 Å². The van der Waals surface area contributed by atoms with Crippen molar-refractivity contribution in [2.24, 2.45) is 4.99 Å². The molecule has 3 N–H and O–H groups in total. The van der Waals surface area contributed by atoms with E-state index in [2.05, 4.69) is 30.8 Å². The first-order valence-corrected chi connectivity index (χ1v) is 8.38. The molecular formula is C18H21FN6O. The van der Waals surface area contributed by atoms with Crippen LogP contribution in [0.3, 0.4) is 0 Å². The number of aromatic nitrogens is 3. The first-order chi connectivity index (χ1) is 12.7. The highest BCUT2D eigenvalue weighted by molar-refractivity contribution is 5.79. The minimum absolute atomic E-state index is 0.220. The van der Waals surface area contributed by atoms with E-state index in [9.17, 15) is 4.39 Å². The lowest BCUT2D eigenvalue weighted by Crippen LogP contribution is -2.37. The van der Waals surface area contributed by atoms with Gasteiger partial charge in [-0.2, -0.15) is 0 Å². The number of halogens is 1. The second-order valence-electron chi connectivity index (χ2n) is 5.72. The molecule has 0 amide bonds.